The first kappa shape index (κ1) is 13.4. The minimum atomic E-state index is 0.513. The lowest BCUT2D eigenvalue weighted by atomic mass is 10.1. The largest absolute Gasteiger partial charge is 0.348 e. The van der Waals surface area contributed by atoms with Gasteiger partial charge in [-0.05, 0) is 56.0 Å². The van der Waals surface area contributed by atoms with E-state index < -0.39 is 0 Å². The Bertz CT molecular complexity index is 586. The monoisotopic (exact) mass is 269 g/mol. The van der Waals surface area contributed by atoms with Crippen molar-refractivity contribution in [1.29, 1.82) is 0 Å². The van der Waals surface area contributed by atoms with Crippen molar-refractivity contribution in [2.45, 2.75) is 45.2 Å². The van der Waals surface area contributed by atoms with Gasteiger partial charge in [0.05, 0.1) is 12.2 Å². The maximum Gasteiger partial charge on any atom is 0.0645 e. The third-order valence-electron chi connectivity index (χ3n) is 4.36. The molecule has 3 rings (SSSR count). The molecule has 2 heterocycles. The Balaban J connectivity index is 1.87. The highest BCUT2D eigenvalue weighted by Gasteiger charge is 2.19. The molecule has 0 spiro atoms. The normalized spacial score (nSPS) is 18.6. The zero-order valence-corrected chi connectivity index (χ0v) is 12.4. The summed E-state index contributed by atoms with van der Waals surface area (Å²) in [5, 5.41) is 3.46. The van der Waals surface area contributed by atoms with Crippen LogP contribution in [0.15, 0.2) is 30.7 Å². The number of nitrogens with zero attached hydrogens (tertiary/aromatic N) is 2. The molecule has 1 aliphatic carbocycles. The van der Waals surface area contributed by atoms with Gasteiger partial charge in [-0.15, -0.1) is 0 Å². The van der Waals surface area contributed by atoms with Crippen molar-refractivity contribution in [1.82, 2.24) is 14.9 Å². The maximum atomic E-state index is 4.50. The van der Waals surface area contributed by atoms with Crippen LogP contribution in [0, 0.1) is 6.92 Å². The molecule has 3 nitrogen and oxygen atoms in total. The first-order valence-corrected chi connectivity index (χ1v) is 7.54. The van der Waals surface area contributed by atoms with Gasteiger partial charge in [0.15, 0.2) is 0 Å². The van der Waals surface area contributed by atoms with Crippen LogP contribution in [0.2, 0.25) is 0 Å². The number of aryl methyl sites for hydroxylation is 2. The molecule has 1 unspecified atom stereocenters. The van der Waals surface area contributed by atoms with Crippen molar-refractivity contribution >= 4 is 0 Å². The van der Waals surface area contributed by atoms with Crippen LogP contribution in [-0.4, -0.2) is 16.6 Å². The molecule has 20 heavy (non-hydrogen) atoms. The van der Waals surface area contributed by atoms with Crippen molar-refractivity contribution in [3.63, 3.8) is 0 Å². The number of nitrogens with one attached hydrogen (secondary N) is 1. The highest BCUT2D eigenvalue weighted by Crippen LogP contribution is 2.29. The molecule has 2 aromatic heterocycles. The fraction of sp³-hybridized carbons (Fsp3) is 0.471. The van der Waals surface area contributed by atoms with Crippen molar-refractivity contribution in [3.05, 3.63) is 53.1 Å². The zero-order chi connectivity index (χ0) is 13.9. The summed E-state index contributed by atoms with van der Waals surface area (Å²) in [5.41, 5.74) is 5.43. The molecule has 1 N–H and O–H groups in total. The molecule has 2 aromatic rings. The highest BCUT2D eigenvalue weighted by atomic mass is 15.0. The summed E-state index contributed by atoms with van der Waals surface area (Å²) in [7, 11) is 2.07. The number of fused-ring (bicyclic) bond motifs is 1. The van der Waals surface area contributed by atoms with Crippen LogP contribution in [0.1, 0.15) is 47.7 Å². The van der Waals surface area contributed by atoms with E-state index in [4.69, 9.17) is 0 Å². The number of pyridine rings is 1. The molecule has 0 aromatic carbocycles. The molecule has 0 amide bonds. The zero-order valence-electron chi connectivity index (χ0n) is 12.4. The van der Waals surface area contributed by atoms with E-state index in [0.717, 1.165) is 6.54 Å². The molecule has 1 atom stereocenters. The Morgan fingerprint density at radius 3 is 3.05 bits per heavy atom. The van der Waals surface area contributed by atoms with Crippen molar-refractivity contribution in [3.8, 4) is 0 Å². The van der Waals surface area contributed by atoms with Gasteiger partial charge in [0.25, 0.3) is 0 Å². The lowest BCUT2D eigenvalue weighted by Gasteiger charge is -2.13. The molecular weight excluding hydrogens is 246 g/mol. The average molecular weight is 269 g/mol. The molecule has 0 aliphatic heterocycles. The number of hydrogen-bond acceptors (Lipinski definition) is 2. The fourth-order valence-electron chi connectivity index (χ4n) is 3.16. The van der Waals surface area contributed by atoms with Gasteiger partial charge in [-0.3, -0.25) is 4.98 Å². The Hall–Kier alpha value is -1.61. The van der Waals surface area contributed by atoms with Gasteiger partial charge in [0, 0.05) is 24.6 Å². The van der Waals surface area contributed by atoms with E-state index in [1.54, 1.807) is 0 Å². The van der Waals surface area contributed by atoms with Crippen molar-refractivity contribution in [2.24, 2.45) is 0 Å². The summed E-state index contributed by atoms with van der Waals surface area (Å²) in [6, 6.07) is 4.65. The summed E-state index contributed by atoms with van der Waals surface area (Å²) in [6.45, 7) is 3.00. The van der Waals surface area contributed by atoms with Gasteiger partial charge in [-0.1, -0.05) is 12.5 Å². The Morgan fingerprint density at radius 1 is 1.35 bits per heavy atom. The van der Waals surface area contributed by atoms with Gasteiger partial charge in [-0.2, -0.15) is 0 Å². The predicted molar refractivity (Wildman–Crippen MR) is 81.9 cm³/mol. The van der Waals surface area contributed by atoms with Crippen LogP contribution in [-0.2, 0) is 13.0 Å². The lowest BCUT2D eigenvalue weighted by molar-refractivity contribution is 0.531. The predicted octanol–water partition coefficient (Wildman–Crippen LogP) is 3.23. The van der Waals surface area contributed by atoms with Crippen molar-refractivity contribution < 1.29 is 0 Å². The van der Waals surface area contributed by atoms with Gasteiger partial charge >= 0.3 is 0 Å². The third kappa shape index (κ3) is 2.63. The Morgan fingerprint density at radius 2 is 2.25 bits per heavy atom. The molecular formula is C17H23N3. The maximum absolute atomic E-state index is 4.50. The molecule has 3 heteroatoms. The lowest BCUT2D eigenvalue weighted by Crippen LogP contribution is -2.15. The molecule has 106 valence electrons. The quantitative estimate of drug-likeness (QED) is 0.867. The van der Waals surface area contributed by atoms with E-state index in [0.29, 0.717) is 6.04 Å². The van der Waals surface area contributed by atoms with Gasteiger partial charge in [0.1, 0.15) is 0 Å². The van der Waals surface area contributed by atoms with Crippen LogP contribution in [0.3, 0.4) is 0 Å². The second-order valence-corrected chi connectivity index (χ2v) is 5.77. The molecule has 0 fully saturated rings. The second kappa shape index (κ2) is 5.80. The van der Waals surface area contributed by atoms with E-state index in [1.807, 2.05) is 12.3 Å². The molecule has 1 aliphatic rings. The summed E-state index contributed by atoms with van der Waals surface area (Å²) >= 11 is 0. The summed E-state index contributed by atoms with van der Waals surface area (Å²) in [4.78, 5) is 4.50. The summed E-state index contributed by atoms with van der Waals surface area (Å²) < 4.78 is 2.30. The molecule has 0 radical (unpaired) electrons. The first-order chi connectivity index (χ1) is 9.78. The van der Waals surface area contributed by atoms with E-state index >= 15 is 0 Å². The van der Waals surface area contributed by atoms with Crippen LogP contribution in [0.4, 0.5) is 0 Å². The Kier molecular flexibility index (Phi) is 3.88. The van der Waals surface area contributed by atoms with Gasteiger partial charge in [-0.25, -0.2) is 0 Å². The first-order valence-electron chi connectivity index (χ1n) is 7.54. The summed E-state index contributed by atoms with van der Waals surface area (Å²) in [5.74, 6) is 0. The second-order valence-electron chi connectivity index (χ2n) is 5.77. The van der Waals surface area contributed by atoms with Crippen LogP contribution < -0.4 is 5.32 Å². The topological polar surface area (TPSA) is 29.9 Å². The SMILES string of the molecule is CNC1CCCCc2cn(Cc3ncccc3C)cc21. The van der Waals surface area contributed by atoms with E-state index in [2.05, 4.69) is 47.3 Å². The van der Waals surface area contributed by atoms with Crippen LogP contribution >= 0.6 is 0 Å². The van der Waals surface area contributed by atoms with Crippen molar-refractivity contribution in [2.75, 3.05) is 7.05 Å². The fourth-order valence-corrected chi connectivity index (χ4v) is 3.16. The number of aromatic nitrogens is 2. The number of rotatable bonds is 3. The number of hydrogen-bond donors (Lipinski definition) is 1. The minimum absolute atomic E-state index is 0.513. The summed E-state index contributed by atoms with van der Waals surface area (Å²) in [6.07, 6.45) is 11.6. The highest BCUT2D eigenvalue weighted by molar-refractivity contribution is 5.30. The van der Waals surface area contributed by atoms with Gasteiger partial charge < -0.3 is 9.88 Å². The average Bonchev–Trinajstić information content (AvgIpc) is 2.75. The van der Waals surface area contributed by atoms with Gasteiger partial charge in [0.2, 0.25) is 0 Å². The molecule has 0 saturated heterocycles. The van der Waals surface area contributed by atoms with E-state index in [9.17, 15) is 0 Å². The molecule has 0 bridgehead atoms. The molecule has 0 saturated carbocycles. The van der Waals surface area contributed by atoms with E-state index in [1.165, 1.54) is 48.1 Å². The van der Waals surface area contributed by atoms with E-state index in [-0.39, 0.29) is 0 Å². The van der Waals surface area contributed by atoms with Crippen LogP contribution in [0.5, 0.6) is 0 Å². The Labute approximate surface area is 121 Å². The smallest absolute Gasteiger partial charge is 0.0645 e. The minimum Gasteiger partial charge on any atom is -0.348 e. The third-order valence-corrected chi connectivity index (χ3v) is 4.36. The standard InChI is InChI=1S/C17H23N3/c1-13-6-5-9-19-17(13)12-20-10-14-7-3-4-8-16(18-2)15(14)11-20/h5-6,9-11,16,18H,3-4,7-8,12H2,1-2H3. The van der Waals surface area contributed by atoms with Crippen LogP contribution in [0.25, 0.3) is 0 Å².